The van der Waals surface area contributed by atoms with Crippen LogP contribution in [0.3, 0.4) is 0 Å². The summed E-state index contributed by atoms with van der Waals surface area (Å²) >= 11 is 6.54. The molecule has 7 heteroatoms. The standard InChI is InChI=1S/C23H24ClFN4O/c1-16-4-3-5-20(14-16)27-10-12-28(13-11-27)23(30)21-17(2)26-29(22(21)24)15-18-6-8-19(25)9-7-18/h3-9,14H,10-13,15H2,1-2H3. The Balaban J connectivity index is 1.46. The minimum absolute atomic E-state index is 0.0910. The Hall–Kier alpha value is -2.86. The second-order valence-electron chi connectivity index (χ2n) is 7.65. The lowest BCUT2D eigenvalue weighted by Gasteiger charge is -2.36. The Labute approximate surface area is 180 Å². The quantitative estimate of drug-likeness (QED) is 0.624. The number of aryl methyl sites for hydroxylation is 2. The van der Waals surface area contributed by atoms with E-state index in [0.29, 0.717) is 36.0 Å². The first-order chi connectivity index (χ1) is 14.4. The van der Waals surface area contributed by atoms with Crippen LogP contribution in [0, 0.1) is 19.7 Å². The molecule has 0 atom stereocenters. The molecular weight excluding hydrogens is 403 g/mol. The number of amides is 1. The van der Waals surface area contributed by atoms with Gasteiger partial charge in [0.25, 0.3) is 5.91 Å². The van der Waals surface area contributed by atoms with Crippen molar-refractivity contribution in [2.45, 2.75) is 20.4 Å². The third-order valence-electron chi connectivity index (χ3n) is 5.46. The van der Waals surface area contributed by atoms with E-state index in [4.69, 9.17) is 11.6 Å². The fourth-order valence-electron chi connectivity index (χ4n) is 3.81. The third-order valence-corrected chi connectivity index (χ3v) is 5.84. The number of rotatable bonds is 4. The molecule has 0 bridgehead atoms. The zero-order valence-corrected chi connectivity index (χ0v) is 17.9. The number of aromatic nitrogens is 2. The van der Waals surface area contributed by atoms with E-state index >= 15 is 0 Å². The van der Waals surface area contributed by atoms with Crippen molar-refractivity contribution in [3.63, 3.8) is 0 Å². The van der Waals surface area contributed by atoms with Crippen molar-refractivity contribution in [2.24, 2.45) is 0 Å². The smallest absolute Gasteiger partial charge is 0.259 e. The first-order valence-electron chi connectivity index (χ1n) is 10.0. The molecule has 0 aliphatic carbocycles. The molecule has 156 valence electrons. The van der Waals surface area contributed by atoms with Gasteiger partial charge in [0.15, 0.2) is 0 Å². The van der Waals surface area contributed by atoms with Gasteiger partial charge in [-0.3, -0.25) is 4.79 Å². The Morgan fingerprint density at radius 2 is 1.77 bits per heavy atom. The van der Waals surface area contributed by atoms with Gasteiger partial charge in [-0.15, -0.1) is 0 Å². The molecule has 1 aliphatic rings. The van der Waals surface area contributed by atoms with Crippen LogP contribution in [0.2, 0.25) is 5.15 Å². The molecule has 0 saturated carbocycles. The summed E-state index contributed by atoms with van der Waals surface area (Å²) in [6.45, 7) is 7.07. The highest BCUT2D eigenvalue weighted by molar-refractivity contribution is 6.33. The lowest BCUT2D eigenvalue weighted by molar-refractivity contribution is 0.0746. The van der Waals surface area contributed by atoms with Gasteiger partial charge in [0.05, 0.1) is 17.8 Å². The normalized spacial score (nSPS) is 14.3. The largest absolute Gasteiger partial charge is 0.368 e. The van der Waals surface area contributed by atoms with E-state index in [-0.39, 0.29) is 11.7 Å². The molecule has 2 aromatic carbocycles. The van der Waals surface area contributed by atoms with E-state index in [2.05, 4.69) is 41.2 Å². The molecular formula is C23H24ClFN4O. The molecule has 1 aliphatic heterocycles. The lowest BCUT2D eigenvalue weighted by Crippen LogP contribution is -2.49. The fourth-order valence-corrected chi connectivity index (χ4v) is 4.13. The van der Waals surface area contributed by atoms with E-state index < -0.39 is 0 Å². The molecule has 1 fully saturated rings. The predicted octanol–water partition coefficient (Wildman–Crippen LogP) is 4.30. The van der Waals surface area contributed by atoms with Crippen molar-refractivity contribution in [2.75, 3.05) is 31.1 Å². The first-order valence-corrected chi connectivity index (χ1v) is 10.4. The van der Waals surface area contributed by atoms with Gasteiger partial charge in [0.2, 0.25) is 0 Å². The molecule has 2 heterocycles. The van der Waals surface area contributed by atoms with Crippen molar-refractivity contribution in [3.05, 3.63) is 81.9 Å². The maximum absolute atomic E-state index is 13.2. The molecule has 0 radical (unpaired) electrons. The van der Waals surface area contributed by atoms with Gasteiger partial charge in [-0.25, -0.2) is 9.07 Å². The summed E-state index contributed by atoms with van der Waals surface area (Å²) < 4.78 is 14.7. The summed E-state index contributed by atoms with van der Waals surface area (Å²) in [6, 6.07) is 14.6. The Morgan fingerprint density at radius 1 is 1.07 bits per heavy atom. The van der Waals surface area contributed by atoms with E-state index in [1.54, 1.807) is 23.7 Å². The predicted molar refractivity (Wildman–Crippen MR) is 117 cm³/mol. The molecule has 1 aromatic heterocycles. The SMILES string of the molecule is Cc1cccc(N2CCN(C(=O)c3c(C)nn(Cc4ccc(F)cc4)c3Cl)CC2)c1. The second-order valence-corrected chi connectivity index (χ2v) is 8.01. The fraction of sp³-hybridized carbons (Fsp3) is 0.304. The highest BCUT2D eigenvalue weighted by atomic mass is 35.5. The van der Waals surface area contributed by atoms with Crippen LogP contribution in [0.15, 0.2) is 48.5 Å². The van der Waals surface area contributed by atoms with Crippen LogP contribution in [-0.2, 0) is 6.54 Å². The zero-order chi connectivity index (χ0) is 21.3. The summed E-state index contributed by atoms with van der Waals surface area (Å²) in [6.07, 6.45) is 0. The van der Waals surface area contributed by atoms with Gasteiger partial charge < -0.3 is 9.80 Å². The Morgan fingerprint density at radius 3 is 2.43 bits per heavy atom. The van der Waals surface area contributed by atoms with Crippen molar-refractivity contribution in [1.29, 1.82) is 0 Å². The van der Waals surface area contributed by atoms with Gasteiger partial charge in [-0.2, -0.15) is 5.10 Å². The highest BCUT2D eigenvalue weighted by Gasteiger charge is 2.28. The highest BCUT2D eigenvalue weighted by Crippen LogP contribution is 2.24. The Bertz CT molecular complexity index is 1060. The molecule has 1 amide bonds. The van der Waals surface area contributed by atoms with Gasteiger partial charge in [-0.05, 0) is 49.2 Å². The maximum Gasteiger partial charge on any atom is 0.259 e. The van der Waals surface area contributed by atoms with Gasteiger partial charge in [0.1, 0.15) is 11.0 Å². The summed E-state index contributed by atoms with van der Waals surface area (Å²) in [4.78, 5) is 17.3. The van der Waals surface area contributed by atoms with E-state index in [9.17, 15) is 9.18 Å². The topological polar surface area (TPSA) is 41.4 Å². The number of nitrogens with zero attached hydrogens (tertiary/aromatic N) is 4. The summed E-state index contributed by atoms with van der Waals surface area (Å²) in [5.41, 5.74) is 4.33. The van der Waals surface area contributed by atoms with Gasteiger partial charge in [0, 0.05) is 31.9 Å². The lowest BCUT2D eigenvalue weighted by atomic mass is 10.1. The second kappa shape index (κ2) is 8.48. The molecule has 4 rings (SSSR count). The Kier molecular flexibility index (Phi) is 5.77. The molecule has 3 aromatic rings. The first kappa shape index (κ1) is 20.4. The number of benzene rings is 2. The van der Waals surface area contributed by atoms with Crippen molar-refractivity contribution < 1.29 is 9.18 Å². The maximum atomic E-state index is 13.2. The van der Waals surface area contributed by atoms with E-state index in [0.717, 1.165) is 18.7 Å². The summed E-state index contributed by atoms with van der Waals surface area (Å²) in [7, 11) is 0. The number of hydrogen-bond donors (Lipinski definition) is 0. The number of anilines is 1. The molecule has 1 saturated heterocycles. The van der Waals surface area contributed by atoms with Gasteiger partial charge in [-0.1, -0.05) is 35.9 Å². The van der Waals surface area contributed by atoms with E-state index in [1.165, 1.54) is 23.4 Å². The number of carbonyl (C=O) groups excluding carboxylic acids is 1. The van der Waals surface area contributed by atoms with Crippen LogP contribution >= 0.6 is 11.6 Å². The van der Waals surface area contributed by atoms with Gasteiger partial charge >= 0.3 is 0 Å². The number of halogens is 2. The number of carbonyl (C=O) groups is 1. The van der Waals surface area contributed by atoms with Crippen LogP contribution < -0.4 is 4.90 Å². The molecule has 30 heavy (non-hydrogen) atoms. The van der Waals surface area contributed by atoms with Crippen LogP contribution in [0.5, 0.6) is 0 Å². The zero-order valence-electron chi connectivity index (χ0n) is 17.1. The van der Waals surface area contributed by atoms with Crippen molar-refractivity contribution in [3.8, 4) is 0 Å². The average molecular weight is 427 g/mol. The van der Waals surface area contributed by atoms with E-state index in [1.807, 2.05) is 4.90 Å². The molecule has 5 nitrogen and oxygen atoms in total. The van der Waals surface area contributed by atoms with Crippen LogP contribution in [-0.4, -0.2) is 46.8 Å². The number of hydrogen-bond acceptors (Lipinski definition) is 3. The average Bonchev–Trinajstić information content (AvgIpc) is 3.02. The molecule has 0 N–H and O–H groups in total. The molecule has 0 spiro atoms. The minimum atomic E-state index is -0.290. The summed E-state index contributed by atoms with van der Waals surface area (Å²) in [5.74, 6) is -0.381. The van der Waals surface area contributed by atoms with Crippen molar-refractivity contribution >= 4 is 23.2 Å². The van der Waals surface area contributed by atoms with Crippen LogP contribution in [0.1, 0.15) is 27.2 Å². The molecule has 0 unspecified atom stereocenters. The summed E-state index contributed by atoms with van der Waals surface area (Å²) in [5, 5.41) is 4.77. The number of piperazine rings is 1. The van der Waals surface area contributed by atoms with Crippen molar-refractivity contribution in [1.82, 2.24) is 14.7 Å². The van der Waals surface area contributed by atoms with Crippen LogP contribution in [0.25, 0.3) is 0 Å². The third kappa shape index (κ3) is 4.19. The van der Waals surface area contributed by atoms with Crippen LogP contribution in [0.4, 0.5) is 10.1 Å². The monoisotopic (exact) mass is 426 g/mol. The minimum Gasteiger partial charge on any atom is -0.368 e.